The Morgan fingerprint density at radius 1 is 1.28 bits per heavy atom. The first kappa shape index (κ1) is 20.9. The van der Waals surface area contributed by atoms with E-state index in [9.17, 15) is 4.79 Å². The van der Waals surface area contributed by atoms with Crippen LogP contribution in [0.1, 0.15) is 46.2 Å². The van der Waals surface area contributed by atoms with Gasteiger partial charge in [0, 0.05) is 18.3 Å². The third kappa shape index (κ3) is 5.35. The second-order valence-electron chi connectivity index (χ2n) is 7.94. The number of alkyl carbamates (subject to hydrolysis) is 1. The molecule has 0 aliphatic carbocycles. The number of nitrogens with one attached hydrogen (secondary N) is 2. The number of carbonyl (C=O) groups excluding carboxylic acids is 1. The quantitative estimate of drug-likeness (QED) is 0.578. The summed E-state index contributed by atoms with van der Waals surface area (Å²) in [6.45, 7) is 9.91. The number of hydrogen-bond acceptors (Lipinski definition) is 6. The lowest BCUT2D eigenvalue weighted by Crippen LogP contribution is -2.32. The molecule has 0 saturated heterocycles. The first-order valence-electron chi connectivity index (χ1n) is 9.35. The van der Waals surface area contributed by atoms with E-state index in [-0.39, 0.29) is 11.3 Å². The molecule has 1 aromatic carbocycles. The minimum absolute atomic E-state index is 0.144. The number of fused-ring (bicyclic) bond motifs is 1. The van der Waals surface area contributed by atoms with Gasteiger partial charge in [-0.25, -0.2) is 9.78 Å². The van der Waals surface area contributed by atoms with E-state index in [1.165, 1.54) is 0 Å². The summed E-state index contributed by atoms with van der Waals surface area (Å²) in [6.07, 6.45) is 1.27. The molecule has 0 saturated carbocycles. The van der Waals surface area contributed by atoms with Crippen molar-refractivity contribution in [3.8, 4) is 0 Å². The topological polar surface area (TPSA) is 94.0 Å². The van der Waals surface area contributed by atoms with Crippen molar-refractivity contribution in [1.29, 1.82) is 0 Å². The van der Waals surface area contributed by atoms with Crippen molar-refractivity contribution in [3.63, 3.8) is 0 Å². The molecule has 0 fully saturated rings. The van der Waals surface area contributed by atoms with Crippen molar-refractivity contribution >= 4 is 40.4 Å². The molecular formula is C20H25ClN6O2. The van der Waals surface area contributed by atoms with Crippen molar-refractivity contribution in [2.75, 3.05) is 5.32 Å². The van der Waals surface area contributed by atoms with E-state index in [1.807, 2.05) is 63.5 Å². The average molecular weight is 417 g/mol. The van der Waals surface area contributed by atoms with Crippen LogP contribution in [-0.4, -0.2) is 31.2 Å². The summed E-state index contributed by atoms with van der Waals surface area (Å²) in [5.41, 5.74) is 2.48. The zero-order chi connectivity index (χ0) is 21.2. The van der Waals surface area contributed by atoms with Crippen LogP contribution in [0.4, 0.5) is 16.3 Å². The Bertz CT molecular complexity index is 1030. The molecule has 2 N–H and O–H groups in total. The third-order valence-electron chi connectivity index (χ3n) is 3.98. The molecule has 0 spiro atoms. The first-order valence-corrected chi connectivity index (χ1v) is 9.73. The zero-order valence-corrected chi connectivity index (χ0v) is 17.9. The van der Waals surface area contributed by atoms with Crippen LogP contribution >= 0.6 is 11.6 Å². The van der Waals surface area contributed by atoms with Crippen molar-refractivity contribution in [2.24, 2.45) is 0 Å². The monoisotopic (exact) mass is 416 g/mol. The molecule has 3 rings (SSSR count). The number of imidazole rings is 1. The maximum Gasteiger partial charge on any atom is 0.407 e. The average Bonchev–Trinajstić information content (AvgIpc) is 3.03. The first-order chi connectivity index (χ1) is 13.6. The van der Waals surface area contributed by atoms with Crippen LogP contribution in [-0.2, 0) is 11.3 Å². The minimum Gasteiger partial charge on any atom is -0.444 e. The molecule has 9 heteroatoms. The van der Waals surface area contributed by atoms with Gasteiger partial charge in [-0.05, 0) is 63.9 Å². The van der Waals surface area contributed by atoms with Crippen LogP contribution in [0.2, 0.25) is 5.28 Å². The number of nitrogens with zero attached hydrogens (tertiary/aromatic N) is 4. The van der Waals surface area contributed by atoms with Gasteiger partial charge in [-0.1, -0.05) is 12.1 Å². The number of amides is 1. The Labute approximate surface area is 174 Å². The Hall–Kier alpha value is -2.87. The fourth-order valence-electron chi connectivity index (χ4n) is 2.74. The highest BCUT2D eigenvalue weighted by Gasteiger charge is 2.16. The van der Waals surface area contributed by atoms with Gasteiger partial charge in [0.25, 0.3) is 0 Å². The molecule has 3 aromatic rings. The number of ether oxygens (including phenoxy) is 1. The molecule has 0 bridgehead atoms. The van der Waals surface area contributed by atoms with E-state index in [4.69, 9.17) is 16.3 Å². The van der Waals surface area contributed by atoms with Crippen LogP contribution in [0.5, 0.6) is 0 Å². The van der Waals surface area contributed by atoms with Gasteiger partial charge in [0.05, 0.1) is 6.33 Å². The highest BCUT2D eigenvalue weighted by molar-refractivity contribution is 6.28. The maximum absolute atomic E-state index is 11.9. The molecule has 1 amide bonds. The smallest absolute Gasteiger partial charge is 0.407 e. The molecule has 2 aromatic heterocycles. The van der Waals surface area contributed by atoms with Crippen LogP contribution in [0.25, 0.3) is 11.2 Å². The van der Waals surface area contributed by atoms with E-state index >= 15 is 0 Å². The van der Waals surface area contributed by atoms with Gasteiger partial charge in [0.2, 0.25) is 5.28 Å². The van der Waals surface area contributed by atoms with Crippen molar-refractivity contribution in [3.05, 3.63) is 41.4 Å². The SMILES string of the molecule is CC(C)n1cnc2c(Nc3cccc(CNC(=O)OC(C)(C)C)c3)nc(Cl)nc21. The fraction of sp³-hybridized carbons (Fsp3) is 0.400. The summed E-state index contributed by atoms with van der Waals surface area (Å²) < 4.78 is 7.20. The fourth-order valence-corrected chi connectivity index (χ4v) is 2.90. The van der Waals surface area contributed by atoms with E-state index < -0.39 is 11.7 Å². The molecule has 0 atom stereocenters. The molecule has 8 nitrogen and oxygen atoms in total. The van der Waals surface area contributed by atoms with Gasteiger partial charge in [0.15, 0.2) is 17.0 Å². The second kappa shape index (κ2) is 8.24. The number of halogens is 1. The molecule has 154 valence electrons. The van der Waals surface area contributed by atoms with Crippen LogP contribution < -0.4 is 10.6 Å². The summed E-state index contributed by atoms with van der Waals surface area (Å²) in [4.78, 5) is 24.9. The van der Waals surface area contributed by atoms with Crippen molar-refractivity contribution < 1.29 is 9.53 Å². The number of carbonyl (C=O) groups is 1. The summed E-state index contributed by atoms with van der Waals surface area (Å²) in [7, 11) is 0. The van der Waals surface area contributed by atoms with Crippen LogP contribution in [0.3, 0.4) is 0 Å². The van der Waals surface area contributed by atoms with E-state index in [0.29, 0.717) is 23.5 Å². The lowest BCUT2D eigenvalue weighted by molar-refractivity contribution is 0.0523. The highest BCUT2D eigenvalue weighted by Crippen LogP contribution is 2.26. The van der Waals surface area contributed by atoms with Crippen LogP contribution in [0, 0.1) is 0 Å². The molecule has 0 aliphatic rings. The van der Waals surface area contributed by atoms with Gasteiger partial charge in [0.1, 0.15) is 5.60 Å². The molecular weight excluding hydrogens is 392 g/mol. The molecule has 29 heavy (non-hydrogen) atoms. The number of hydrogen-bond donors (Lipinski definition) is 2. The Morgan fingerprint density at radius 3 is 2.72 bits per heavy atom. The zero-order valence-electron chi connectivity index (χ0n) is 17.2. The number of aromatic nitrogens is 4. The van der Waals surface area contributed by atoms with Crippen molar-refractivity contribution in [2.45, 2.75) is 52.8 Å². The third-order valence-corrected chi connectivity index (χ3v) is 4.14. The van der Waals surface area contributed by atoms with Gasteiger partial charge in [-0.15, -0.1) is 0 Å². The predicted octanol–water partition coefficient (Wildman–Crippen LogP) is 4.83. The number of anilines is 2. The second-order valence-corrected chi connectivity index (χ2v) is 8.28. The lowest BCUT2D eigenvalue weighted by Gasteiger charge is -2.19. The Morgan fingerprint density at radius 2 is 2.03 bits per heavy atom. The Kier molecular flexibility index (Phi) is 5.93. The normalized spacial score (nSPS) is 11.7. The largest absolute Gasteiger partial charge is 0.444 e. The minimum atomic E-state index is -0.537. The summed E-state index contributed by atoms with van der Waals surface area (Å²) in [5.74, 6) is 0.525. The maximum atomic E-state index is 11.9. The van der Waals surface area contributed by atoms with Gasteiger partial charge < -0.3 is 19.9 Å². The lowest BCUT2D eigenvalue weighted by atomic mass is 10.2. The molecule has 0 aliphatic heterocycles. The molecule has 2 heterocycles. The summed E-state index contributed by atoms with van der Waals surface area (Å²) in [5, 5.41) is 6.14. The molecule has 0 unspecified atom stereocenters. The van der Waals surface area contributed by atoms with Crippen LogP contribution in [0.15, 0.2) is 30.6 Å². The standard InChI is InChI=1S/C20H25ClN6O2/c1-12(2)27-11-23-15-16(25-18(21)26-17(15)27)24-14-8-6-7-13(9-14)10-22-19(28)29-20(3,4)5/h6-9,11-12H,10H2,1-5H3,(H,22,28)(H,24,25,26). The predicted molar refractivity (Wildman–Crippen MR) is 114 cm³/mol. The number of benzene rings is 1. The van der Waals surface area contributed by atoms with Gasteiger partial charge in [-0.3, -0.25) is 0 Å². The van der Waals surface area contributed by atoms with E-state index in [1.54, 1.807) is 6.33 Å². The number of rotatable bonds is 5. The summed E-state index contributed by atoms with van der Waals surface area (Å²) in [6, 6.07) is 7.82. The van der Waals surface area contributed by atoms with Gasteiger partial charge >= 0.3 is 6.09 Å². The van der Waals surface area contributed by atoms with E-state index in [0.717, 1.165) is 11.3 Å². The van der Waals surface area contributed by atoms with Gasteiger partial charge in [-0.2, -0.15) is 9.97 Å². The highest BCUT2D eigenvalue weighted by atomic mass is 35.5. The summed E-state index contributed by atoms with van der Waals surface area (Å²) >= 11 is 6.13. The Balaban J connectivity index is 1.78. The van der Waals surface area contributed by atoms with Crippen molar-refractivity contribution in [1.82, 2.24) is 24.8 Å². The molecule has 0 radical (unpaired) electrons. The van der Waals surface area contributed by atoms with E-state index in [2.05, 4.69) is 25.6 Å².